The van der Waals surface area contributed by atoms with E-state index in [1.165, 1.54) is 9.79 Å². The number of hydrogen-bond donors (Lipinski definition) is 1. The second kappa shape index (κ2) is 9.77. The van der Waals surface area contributed by atoms with Crippen LogP contribution in [0.4, 0.5) is 0 Å². The van der Waals surface area contributed by atoms with Crippen molar-refractivity contribution in [1.82, 2.24) is 0 Å². The summed E-state index contributed by atoms with van der Waals surface area (Å²) in [4.78, 5) is 13.0. The van der Waals surface area contributed by atoms with Crippen LogP contribution in [-0.2, 0) is 0 Å². The smallest absolute Gasteiger partial charge is 0.248 e. The zero-order valence-electron chi connectivity index (χ0n) is 12.5. The van der Waals surface area contributed by atoms with E-state index < -0.39 is 0 Å². The highest BCUT2D eigenvalue weighted by atomic mass is 33.1. The van der Waals surface area contributed by atoms with Crippen LogP contribution >= 0.6 is 21.6 Å². The molecular formula is C19H17NOS2. The summed E-state index contributed by atoms with van der Waals surface area (Å²) >= 11 is 0. The van der Waals surface area contributed by atoms with Gasteiger partial charge < -0.3 is 5.73 Å². The Hall–Kier alpha value is -2.17. The largest absolute Gasteiger partial charge is 0.366 e. The SMILES string of the molecule is NC(=O)c1ccccc1.c1ccc(SSc2ccccc2)cc1. The standard InChI is InChI=1S/C12H10S2.C7H7NO/c1-3-7-11(8-4-1)13-14-12-9-5-2-6-10-12;8-7(9)6-4-2-1-3-5-6/h1-10H;1-5H,(H2,8,9). The molecule has 1 amide bonds. The van der Waals surface area contributed by atoms with E-state index in [0.29, 0.717) is 5.56 Å². The van der Waals surface area contributed by atoms with Gasteiger partial charge in [0, 0.05) is 15.4 Å². The minimum absolute atomic E-state index is 0.379. The maximum atomic E-state index is 10.4. The Labute approximate surface area is 144 Å². The molecule has 2 N–H and O–H groups in total. The number of carbonyl (C=O) groups excluding carboxylic acids is 1. The van der Waals surface area contributed by atoms with Crippen LogP contribution in [-0.4, -0.2) is 5.91 Å². The van der Waals surface area contributed by atoms with E-state index in [1.807, 2.05) is 18.2 Å². The van der Waals surface area contributed by atoms with Crippen molar-refractivity contribution in [3.63, 3.8) is 0 Å². The zero-order valence-corrected chi connectivity index (χ0v) is 14.1. The highest BCUT2D eigenvalue weighted by molar-refractivity contribution is 8.76. The Morgan fingerprint density at radius 3 is 1.26 bits per heavy atom. The summed E-state index contributed by atoms with van der Waals surface area (Å²) < 4.78 is 0. The predicted octanol–water partition coefficient (Wildman–Crippen LogP) is 5.27. The lowest BCUT2D eigenvalue weighted by atomic mass is 10.2. The third-order valence-corrected chi connectivity index (χ3v) is 5.20. The minimum Gasteiger partial charge on any atom is -0.366 e. The Morgan fingerprint density at radius 1 is 0.609 bits per heavy atom. The molecule has 0 aliphatic heterocycles. The summed E-state index contributed by atoms with van der Waals surface area (Å²) in [5.74, 6) is -0.379. The van der Waals surface area contributed by atoms with Crippen molar-refractivity contribution in [2.45, 2.75) is 9.79 Å². The van der Waals surface area contributed by atoms with Gasteiger partial charge in [-0.15, -0.1) is 0 Å². The van der Waals surface area contributed by atoms with Gasteiger partial charge in [0.15, 0.2) is 0 Å². The van der Waals surface area contributed by atoms with Gasteiger partial charge in [-0.3, -0.25) is 4.79 Å². The Balaban J connectivity index is 0.000000185. The first-order valence-corrected chi connectivity index (χ1v) is 9.20. The summed E-state index contributed by atoms with van der Waals surface area (Å²) in [5.41, 5.74) is 5.53. The molecule has 0 spiro atoms. The summed E-state index contributed by atoms with van der Waals surface area (Å²) in [6, 6.07) is 29.6. The van der Waals surface area contributed by atoms with Crippen LogP contribution in [0, 0.1) is 0 Å². The van der Waals surface area contributed by atoms with Gasteiger partial charge in [0.2, 0.25) is 5.91 Å². The van der Waals surface area contributed by atoms with Crippen LogP contribution in [0.2, 0.25) is 0 Å². The first-order chi connectivity index (χ1) is 11.3. The van der Waals surface area contributed by atoms with Crippen molar-refractivity contribution in [3.05, 3.63) is 96.6 Å². The Kier molecular flexibility index (Phi) is 7.30. The molecule has 3 aromatic carbocycles. The van der Waals surface area contributed by atoms with Gasteiger partial charge in [0.05, 0.1) is 0 Å². The number of hydrogen-bond acceptors (Lipinski definition) is 3. The molecule has 2 nitrogen and oxygen atoms in total. The van der Waals surface area contributed by atoms with E-state index in [-0.39, 0.29) is 5.91 Å². The Bertz CT molecular complexity index is 664. The first-order valence-electron chi connectivity index (χ1n) is 7.05. The first kappa shape index (κ1) is 17.2. The summed E-state index contributed by atoms with van der Waals surface area (Å²) in [6.45, 7) is 0. The molecule has 0 unspecified atom stereocenters. The van der Waals surface area contributed by atoms with Gasteiger partial charge >= 0.3 is 0 Å². The molecule has 0 saturated heterocycles. The van der Waals surface area contributed by atoms with Gasteiger partial charge in [-0.25, -0.2) is 0 Å². The molecule has 0 aliphatic carbocycles. The van der Waals surface area contributed by atoms with Crippen LogP contribution in [0.3, 0.4) is 0 Å². The van der Waals surface area contributed by atoms with E-state index in [9.17, 15) is 4.79 Å². The molecule has 4 heteroatoms. The van der Waals surface area contributed by atoms with Gasteiger partial charge in [0.1, 0.15) is 0 Å². The van der Waals surface area contributed by atoms with Crippen LogP contribution in [0.1, 0.15) is 10.4 Å². The second-order valence-electron chi connectivity index (χ2n) is 4.52. The van der Waals surface area contributed by atoms with Crippen molar-refractivity contribution in [2.24, 2.45) is 5.73 Å². The zero-order chi connectivity index (χ0) is 16.3. The van der Waals surface area contributed by atoms with Crippen molar-refractivity contribution in [2.75, 3.05) is 0 Å². The number of amides is 1. The fourth-order valence-electron chi connectivity index (χ4n) is 1.65. The van der Waals surface area contributed by atoms with Crippen molar-refractivity contribution >= 4 is 27.5 Å². The summed E-state index contributed by atoms with van der Waals surface area (Å²) in [7, 11) is 3.58. The molecule has 0 radical (unpaired) electrons. The molecule has 0 fully saturated rings. The normalized spacial score (nSPS) is 9.57. The Morgan fingerprint density at radius 2 is 0.957 bits per heavy atom. The average Bonchev–Trinajstić information content (AvgIpc) is 2.63. The summed E-state index contributed by atoms with van der Waals surface area (Å²) in [6.07, 6.45) is 0. The lowest BCUT2D eigenvalue weighted by Gasteiger charge is -1.99. The molecule has 0 saturated carbocycles. The molecule has 0 bridgehead atoms. The summed E-state index contributed by atoms with van der Waals surface area (Å²) in [5, 5.41) is 0. The van der Waals surface area contributed by atoms with Crippen molar-refractivity contribution in [1.29, 1.82) is 0 Å². The van der Waals surface area contributed by atoms with E-state index in [2.05, 4.69) is 48.5 Å². The average molecular weight is 339 g/mol. The molecule has 3 aromatic rings. The van der Waals surface area contributed by atoms with Crippen LogP contribution in [0.25, 0.3) is 0 Å². The number of nitrogens with two attached hydrogens (primary N) is 1. The molecule has 0 aliphatic rings. The number of benzene rings is 3. The van der Waals surface area contributed by atoms with E-state index in [4.69, 9.17) is 5.73 Å². The fraction of sp³-hybridized carbons (Fsp3) is 0. The number of primary amides is 1. The van der Waals surface area contributed by atoms with Gasteiger partial charge in [-0.2, -0.15) is 0 Å². The van der Waals surface area contributed by atoms with E-state index >= 15 is 0 Å². The third-order valence-electron chi connectivity index (χ3n) is 2.78. The third kappa shape index (κ3) is 6.63. The minimum atomic E-state index is -0.379. The highest BCUT2D eigenvalue weighted by Gasteiger charge is 1.95. The molecule has 0 heterocycles. The maximum absolute atomic E-state index is 10.4. The van der Waals surface area contributed by atoms with E-state index in [0.717, 1.165) is 0 Å². The molecule has 116 valence electrons. The highest BCUT2D eigenvalue weighted by Crippen LogP contribution is 2.36. The van der Waals surface area contributed by atoms with Crippen molar-refractivity contribution in [3.8, 4) is 0 Å². The van der Waals surface area contributed by atoms with Gasteiger partial charge in [-0.1, -0.05) is 76.2 Å². The predicted molar refractivity (Wildman–Crippen MR) is 99.6 cm³/mol. The van der Waals surface area contributed by atoms with Gasteiger partial charge in [-0.05, 0) is 36.4 Å². The van der Waals surface area contributed by atoms with Crippen LogP contribution < -0.4 is 5.73 Å². The molecular weight excluding hydrogens is 322 g/mol. The number of carbonyl (C=O) groups is 1. The fourth-order valence-corrected chi connectivity index (χ4v) is 3.62. The second-order valence-corrected chi connectivity index (χ2v) is 6.80. The molecule has 3 rings (SSSR count). The quantitative estimate of drug-likeness (QED) is 0.658. The maximum Gasteiger partial charge on any atom is 0.248 e. The molecule has 0 aromatic heterocycles. The van der Waals surface area contributed by atoms with Crippen LogP contribution in [0.15, 0.2) is 101 Å². The molecule has 0 atom stereocenters. The number of rotatable bonds is 4. The monoisotopic (exact) mass is 339 g/mol. The van der Waals surface area contributed by atoms with Crippen molar-refractivity contribution < 1.29 is 4.79 Å². The van der Waals surface area contributed by atoms with E-state index in [1.54, 1.807) is 45.9 Å². The lowest BCUT2D eigenvalue weighted by Crippen LogP contribution is -2.09. The lowest BCUT2D eigenvalue weighted by molar-refractivity contribution is 0.100. The van der Waals surface area contributed by atoms with Crippen LogP contribution in [0.5, 0.6) is 0 Å². The topological polar surface area (TPSA) is 43.1 Å². The molecule has 23 heavy (non-hydrogen) atoms. The van der Waals surface area contributed by atoms with Gasteiger partial charge in [0.25, 0.3) is 0 Å².